The molecule has 68 valence electrons. The maximum Gasteiger partial charge on any atom is 0.133 e. The molecule has 2 heteroatoms. The Bertz CT molecular complexity index is 327. The lowest BCUT2D eigenvalue weighted by Gasteiger charge is -2.08. The zero-order valence-corrected chi connectivity index (χ0v) is 9.03. The summed E-state index contributed by atoms with van der Waals surface area (Å²) in [6, 6.07) is 4.33. The second kappa shape index (κ2) is 4.34. The molecule has 0 saturated heterocycles. The number of hydrogen-bond donors (Lipinski definition) is 0. The predicted octanol–water partition coefficient (Wildman–Crippen LogP) is 3.33. The Morgan fingerprint density at radius 3 is 2.23 bits per heavy atom. The van der Waals surface area contributed by atoms with Crippen LogP contribution in [0.2, 0.25) is 0 Å². The third-order valence-corrected chi connectivity index (χ3v) is 2.68. The van der Waals surface area contributed by atoms with Gasteiger partial charge in [-0.1, -0.05) is 17.7 Å². The summed E-state index contributed by atoms with van der Waals surface area (Å²) in [7, 11) is 0. The first kappa shape index (κ1) is 10.1. The van der Waals surface area contributed by atoms with E-state index < -0.39 is 0 Å². The summed E-state index contributed by atoms with van der Waals surface area (Å²) in [5.41, 5.74) is 5.18. The van der Waals surface area contributed by atoms with Crippen molar-refractivity contribution in [1.29, 1.82) is 5.26 Å². The molecule has 0 radical (unpaired) electrons. The van der Waals surface area contributed by atoms with E-state index in [0.29, 0.717) is 0 Å². The summed E-state index contributed by atoms with van der Waals surface area (Å²) < 4.78 is 0. The average molecular weight is 191 g/mol. The molecular formula is C11H13NS. The lowest BCUT2D eigenvalue weighted by molar-refractivity contribution is 1.22. The molecule has 1 aromatic rings. The molecule has 0 N–H and O–H groups in total. The molecule has 0 aliphatic heterocycles. The highest BCUT2D eigenvalue weighted by atomic mass is 32.2. The van der Waals surface area contributed by atoms with E-state index in [1.165, 1.54) is 34.0 Å². The molecule has 0 aliphatic rings. The van der Waals surface area contributed by atoms with Crippen molar-refractivity contribution < 1.29 is 0 Å². The first-order valence-corrected chi connectivity index (χ1v) is 5.21. The summed E-state index contributed by atoms with van der Waals surface area (Å²) in [4.78, 5) is 0. The fourth-order valence-corrected chi connectivity index (χ4v) is 2.21. The minimum absolute atomic E-state index is 0.800. The third-order valence-electron chi connectivity index (χ3n) is 2.12. The largest absolute Gasteiger partial charge is 0.185 e. The second-order valence-electron chi connectivity index (χ2n) is 3.26. The van der Waals surface area contributed by atoms with E-state index >= 15 is 0 Å². The van der Waals surface area contributed by atoms with Gasteiger partial charge >= 0.3 is 0 Å². The molecule has 1 rings (SSSR count). The quantitative estimate of drug-likeness (QED) is 0.669. The zero-order valence-electron chi connectivity index (χ0n) is 8.22. The minimum atomic E-state index is 0.800. The summed E-state index contributed by atoms with van der Waals surface area (Å²) in [6.07, 6.45) is 0. The Morgan fingerprint density at radius 1 is 1.23 bits per heavy atom. The minimum Gasteiger partial charge on any atom is -0.185 e. The van der Waals surface area contributed by atoms with E-state index in [4.69, 9.17) is 5.26 Å². The van der Waals surface area contributed by atoms with Crippen LogP contribution in [-0.2, 0) is 5.75 Å². The highest BCUT2D eigenvalue weighted by molar-refractivity contribution is 8.02. The number of rotatable bonds is 2. The molecular weight excluding hydrogens is 178 g/mol. The molecule has 0 bridgehead atoms. The number of aryl methyl sites for hydroxylation is 3. The Hall–Kier alpha value is -0.940. The van der Waals surface area contributed by atoms with Gasteiger partial charge in [0.05, 0.1) is 0 Å². The number of hydrogen-bond acceptors (Lipinski definition) is 2. The molecule has 0 atom stereocenters. The molecule has 1 aromatic carbocycles. The summed E-state index contributed by atoms with van der Waals surface area (Å²) in [6.45, 7) is 6.31. The Labute approximate surface area is 83.8 Å². The number of nitrogens with zero attached hydrogens (tertiary/aromatic N) is 1. The van der Waals surface area contributed by atoms with E-state index in [-0.39, 0.29) is 0 Å². The molecule has 0 aromatic heterocycles. The highest BCUT2D eigenvalue weighted by Gasteiger charge is 2.03. The second-order valence-corrected chi connectivity index (χ2v) is 4.02. The van der Waals surface area contributed by atoms with Gasteiger partial charge in [-0.3, -0.25) is 0 Å². The number of thiocyanates is 1. The molecule has 13 heavy (non-hydrogen) atoms. The van der Waals surface area contributed by atoms with E-state index in [9.17, 15) is 0 Å². The van der Waals surface area contributed by atoms with Gasteiger partial charge < -0.3 is 0 Å². The van der Waals surface area contributed by atoms with E-state index in [1.54, 1.807) is 0 Å². The van der Waals surface area contributed by atoms with Crippen molar-refractivity contribution in [3.05, 3.63) is 34.4 Å². The average Bonchev–Trinajstić information content (AvgIpc) is 2.02. The van der Waals surface area contributed by atoms with E-state index in [0.717, 1.165) is 5.75 Å². The molecule has 0 amide bonds. The first-order valence-electron chi connectivity index (χ1n) is 4.22. The zero-order chi connectivity index (χ0) is 9.84. The van der Waals surface area contributed by atoms with Gasteiger partial charge in [0.2, 0.25) is 0 Å². The molecule has 0 saturated carbocycles. The molecule has 0 heterocycles. The molecule has 1 nitrogen and oxygen atoms in total. The van der Waals surface area contributed by atoms with Gasteiger partial charge in [0.1, 0.15) is 5.40 Å². The van der Waals surface area contributed by atoms with Crippen LogP contribution in [0.15, 0.2) is 12.1 Å². The monoisotopic (exact) mass is 191 g/mol. The fraction of sp³-hybridized carbons (Fsp3) is 0.364. The van der Waals surface area contributed by atoms with Gasteiger partial charge in [-0.15, -0.1) is 0 Å². The smallest absolute Gasteiger partial charge is 0.133 e. The Balaban J connectivity index is 3.00. The van der Waals surface area contributed by atoms with Crippen LogP contribution in [0.4, 0.5) is 0 Å². The fourth-order valence-electron chi connectivity index (χ4n) is 1.54. The van der Waals surface area contributed by atoms with Crippen LogP contribution in [0.3, 0.4) is 0 Å². The summed E-state index contributed by atoms with van der Waals surface area (Å²) >= 11 is 1.30. The van der Waals surface area contributed by atoms with Gasteiger partial charge in [-0.2, -0.15) is 5.26 Å². The number of benzene rings is 1. The van der Waals surface area contributed by atoms with Crippen molar-refractivity contribution in [3.63, 3.8) is 0 Å². The summed E-state index contributed by atoms with van der Waals surface area (Å²) in [5.74, 6) is 0.800. The topological polar surface area (TPSA) is 23.8 Å². The number of thioether (sulfide) groups is 1. The SMILES string of the molecule is Cc1cc(C)c(CSC#N)c(C)c1. The lowest BCUT2D eigenvalue weighted by Crippen LogP contribution is -1.92. The normalized spacial score (nSPS) is 9.69. The van der Waals surface area contributed by atoms with Gasteiger partial charge in [0.25, 0.3) is 0 Å². The van der Waals surface area contributed by atoms with Crippen molar-refractivity contribution in [2.75, 3.05) is 0 Å². The predicted molar refractivity (Wildman–Crippen MR) is 57.6 cm³/mol. The van der Waals surface area contributed by atoms with Crippen LogP contribution in [-0.4, -0.2) is 0 Å². The van der Waals surface area contributed by atoms with Gasteiger partial charge in [0.15, 0.2) is 0 Å². The van der Waals surface area contributed by atoms with Gasteiger partial charge in [-0.25, -0.2) is 0 Å². The van der Waals surface area contributed by atoms with Crippen LogP contribution in [0, 0.1) is 31.4 Å². The molecule has 0 aliphatic carbocycles. The number of nitriles is 1. The van der Waals surface area contributed by atoms with Crippen molar-refractivity contribution in [3.8, 4) is 5.40 Å². The van der Waals surface area contributed by atoms with Crippen LogP contribution in [0.5, 0.6) is 0 Å². The summed E-state index contributed by atoms with van der Waals surface area (Å²) in [5, 5.41) is 10.6. The van der Waals surface area contributed by atoms with Gasteiger partial charge in [-0.05, 0) is 49.2 Å². The van der Waals surface area contributed by atoms with Gasteiger partial charge in [0, 0.05) is 5.75 Å². The van der Waals surface area contributed by atoms with Crippen molar-refractivity contribution in [1.82, 2.24) is 0 Å². The van der Waals surface area contributed by atoms with E-state index in [1.807, 2.05) is 0 Å². The van der Waals surface area contributed by atoms with Crippen LogP contribution < -0.4 is 0 Å². The van der Waals surface area contributed by atoms with Crippen LogP contribution in [0.1, 0.15) is 22.3 Å². The first-order chi connectivity index (χ1) is 6.15. The maximum atomic E-state index is 8.48. The third kappa shape index (κ3) is 2.50. The Morgan fingerprint density at radius 2 is 1.77 bits per heavy atom. The lowest BCUT2D eigenvalue weighted by atomic mass is 10.0. The van der Waals surface area contributed by atoms with Crippen LogP contribution in [0.25, 0.3) is 0 Å². The molecule has 0 unspecified atom stereocenters. The van der Waals surface area contributed by atoms with Crippen molar-refractivity contribution in [2.45, 2.75) is 26.5 Å². The molecule has 0 spiro atoms. The molecule has 0 fully saturated rings. The Kier molecular flexibility index (Phi) is 3.39. The van der Waals surface area contributed by atoms with E-state index in [2.05, 4.69) is 38.3 Å². The van der Waals surface area contributed by atoms with Crippen molar-refractivity contribution >= 4 is 11.8 Å². The standard InChI is InChI=1S/C11H13NS/c1-8-4-9(2)11(6-13-7-12)10(3)5-8/h4-5H,6H2,1-3H3. The highest BCUT2D eigenvalue weighted by Crippen LogP contribution is 2.20. The maximum absolute atomic E-state index is 8.48. The van der Waals surface area contributed by atoms with Crippen molar-refractivity contribution in [2.24, 2.45) is 0 Å². The van der Waals surface area contributed by atoms with Crippen LogP contribution >= 0.6 is 11.8 Å².